The van der Waals surface area contributed by atoms with Gasteiger partial charge in [0, 0.05) is 38.0 Å². The molecular formula is C22H34N4O4. The maximum absolute atomic E-state index is 12.4. The van der Waals surface area contributed by atoms with Gasteiger partial charge in [-0.25, -0.2) is 4.79 Å². The third-order valence-electron chi connectivity index (χ3n) is 6.03. The number of nitrogens with zero attached hydrogens (tertiary/aromatic N) is 1. The van der Waals surface area contributed by atoms with E-state index in [9.17, 15) is 14.4 Å². The Labute approximate surface area is 178 Å². The zero-order valence-electron chi connectivity index (χ0n) is 17.7. The van der Waals surface area contributed by atoms with Gasteiger partial charge in [0.05, 0.1) is 12.8 Å². The van der Waals surface area contributed by atoms with Crippen molar-refractivity contribution in [1.82, 2.24) is 20.9 Å². The van der Waals surface area contributed by atoms with Gasteiger partial charge in [-0.3, -0.25) is 9.59 Å². The quantitative estimate of drug-likeness (QED) is 0.565. The third kappa shape index (κ3) is 7.07. The predicted octanol–water partition coefficient (Wildman–Crippen LogP) is 2.55. The highest BCUT2D eigenvalue weighted by Crippen LogP contribution is 2.19. The maximum Gasteiger partial charge on any atom is 0.315 e. The minimum absolute atomic E-state index is 0.0201. The second kappa shape index (κ2) is 11.6. The van der Waals surface area contributed by atoms with Crippen LogP contribution in [-0.2, 0) is 16.1 Å². The SMILES string of the molecule is O=C(NCCCC(=O)N1CCC(C(=O)NCc2ccco2)CC1)NC1CCCCC1. The zero-order chi connectivity index (χ0) is 21.2. The zero-order valence-corrected chi connectivity index (χ0v) is 17.7. The van der Waals surface area contributed by atoms with Crippen LogP contribution < -0.4 is 16.0 Å². The first-order valence-electron chi connectivity index (χ1n) is 11.2. The Kier molecular flexibility index (Phi) is 8.59. The number of nitrogens with one attached hydrogen (secondary N) is 3. The summed E-state index contributed by atoms with van der Waals surface area (Å²) in [5.41, 5.74) is 0. The maximum atomic E-state index is 12.4. The van der Waals surface area contributed by atoms with Crippen LogP contribution in [0, 0.1) is 5.92 Å². The van der Waals surface area contributed by atoms with E-state index in [2.05, 4.69) is 16.0 Å². The molecule has 166 valence electrons. The molecular weight excluding hydrogens is 384 g/mol. The fraction of sp³-hybridized carbons (Fsp3) is 0.682. The first kappa shape index (κ1) is 22.2. The Morgan fingerprint density at radius 3 is 2.50 bits per heavy atom. The minimum atomic E-state index is -0.129. The fourth-order valence-corrected chi connectivity index (χ4v) is 4.21. The van der Waals surface area contributed by atoms with E-state index in [0.29, 0.717) is 51.9 Å². The summed E-state index contributed by atoms with van der Waals surface area (Å²) in [4.78, 5) is 38.4. The van der Waals surface area contributed by atoms with E-state index in [-0.39, 0.29) is 29.8 Å². The molecule has 8 nitrogen and oxygen atoms in total. The average Bonchev–Trinajstić information content (AvgIpc) is 3.29. The molecule has 1 aliphatic heterocycles. The lowest BCUT2D eigenvalue weighted by Crippen LogP contribution is -2.44. The predicted molar refractivity (Wildman–Crippen MR) is 113 cm³/mol. The standard InChI is InChI=1S/C22H34N4O4/c27-20(9-4-12-23-22(29)25-18-6-2-1-3-7-18)26-13-10-17(11-14-26)21(28)24-16-19-8-5-15-30-19/h5,8,15,17-18H,1-4,6-7,9-14,16H2,(H,24,28)(H2,23,25,29). The largest absolute Gasteiger partial charge is 0.467 e. The summed E-state index contributed by atoms with van der Waals surface area (Å²) in [5, 5.41) is 8.77. The highest BCUT2D eigenvalue weighted by atomic mass is 16.3. The Balaban J connectivity index is 1.25. The summed E-state index contributed by atoms with van der Waals surface area (Å²) >= 11 is 0. The number of urea groups is 1. The van der Waals surface area contributed by atoms with Crippen molar-refractivity contribution in [2.24, 2.45) is 5.92 Å². The van der Waals surface area contributed by atoms with E-state index < -0.39 is 0 Å². The summed E-state index contributed by atoms with van der Waals surface area (Å²) in [6.07, 6.45) is 9.73. The number of carbonyl (C=O) groups is 3. The van der Waals surface area contributed by atoms with E-state index in [1.165, 1.54) is 19.3 Å². The number of furan rings is 1. The second-order valence-electron chi connectivity index (χ2n) is 8.29. The monoisotopic (exact) mass is 418 g/mol. The van der Waals surface area contributed by atoms with Crippen LogP contribution in [0.15, 0.2) is 22.8 Å². The molecule has 0 aromatic carbocycles. The highest BCUT2D eigenvalue weighted by molar-refractivity contribution is 5.80. The molecule has 2 fully saturated rings. The van der Waals surface area contributed by atoms with Crippen molar-refractivity contribution in [3.63, 3.8) is 0 Å². The van der Waals surface area contributed by atoms with Crippen LogP contribution in [0.2, 0.25) is 0 Å². The number of piperidine rings is 1. The lowest BCUT2D eigenvalue weighted by atomic mass is 9.95. The minimum Gasteiger partial charge on any atom is -0.467 e. The third-order valence-corrected chi connectivity index (χ3v) is 6.03. The highest BCUT2D eigenvalue weighted by Gasteiger charge is 2.27. The average molecular weight is 419 g/mol. The molecule has 0 bridgehead atoms. The normalized spacial score (nSPS) is 18.1. The van der Waals surface area contributed by atoms with E-state index in [1.807, 2.05) is 11.0 Å². The molecule has 1 saturated heterocycles. The molecule has 3 rings (SSSR count). The molecule has 8 heteroatoms. The lowest BCUT2D eigenvalue weighted by molar-refractivity contribution is -0.135. The summed E-state index contributed by atoms with van der Waals surface area (Å²) in [6.45, 7) is 2.10. The van der Waals surface area contributed by atoms with Crippen molar-refractivity contribution in [3.05, 3.63) is 24.2 Å². The molecule has 1 aromatic rings. The number of hydrogen-bond acceptors (Lipinski definition) is 4. The van der Waals surface area contributed by atoms with Crippen molar-refractivity contribution < 1.29 is 18.8 Å². The van der Waals surface area contributed by atoms with Crippen molar-refractivity contribution in [2.75, 3.05) is 19.6 Å². The Morgan fingerprint density at radius 2 is 1.80 bits per heavy atom. The smallest absolute Gasteiger partial charge is 0.315 e. The van der Waals surface area contributed by atoms with E-state index in [0.717, 1.165) is 18.6 Å². The molecule has 0 unspecified atom stereocenters. The van der Waals surface area contributed by atoms with Gasteiger partial charge in [-0.1, -0.05) is 19.3 Å². The molecule has 0 spiro atoms. The van der Waals surface area contributed by atoms with Crippen LogP contribution in [0.5, 0.6) is 0 Å². The number of amides is 4. The van der Waals surface area contributed by atoms with Gasteiger partial charge in [0.25, 0.3) is 0 Å². The molecule has 2 aliphatic rings. The van der Waals surface area contributed by atoms with Gasteiger partial charge in [0.15, 0.2) is 0 Å². The summed E-state index contributed by atoms with van der Waals surface area (Å²) < 4.78 is 5.22. The molecule has 3 N–H and O–H groups in total. The van der Waals surface area contributed by atoms with Crippen LogP contribution in [0.3, 0.4) is 0 Å². The van der Waals surface area contributed by atoms with Gasteiger partial charge < -0.3 is 25.3 Å². The molecule has 4 amide bonds. The number of likely N-dealkylation sites (tertiary alicyclic amines) is 1. The summed E-state index contributed by atoms with van der Waals surface area (Å²) in [7, 11) is 0. The number of hydrogen-bond donors (Lipinski definition) is 3. The van der Waals surface area contributed by atoms with Gasteiger partial charge in [0.2, 0.25) is 11.8 Å². The first-order chi connectivity index (χ1) is 14.6. The molecule has 1 aliphatic carbocycles. The van der Waals surface area contributed by atoms with Crippen molar-refractivity contribution >= 4 is 17.8 Å². The molecule has 2 heterocycles. The van der Waals surface area contributed by atoms with E-state index in [1.54, 1.807) is 12.3 Å². The van der Waals surface area contributed by atoms with Gasteiger partial charge in [-0.05, 0) is 44.2 Å². The molecule has 30 heavy (non-hydrogen) atoms. The first-order valence-corrected chi connectivity index (χ1v) is 11.2. The lowest BCUT2D eigenvalue weighted by Gasteiger charge is -2.31. The molecule has 1 saturated carbocycles. The Morgan fingerprint density at radius 1 is 1.03 bits per heavy atom. The van der Waals surface area contributed by atoms with Gasteiger partial charge in [0.1, 0.15) is 5.76 Å². The van der Waals surface area contributed by atoms with Crippen molar-refractivity contribution in [1.29, 1.82) is 0 Å². The number of carbonyl (C=O) groups excluding carboxylic acids is 3. The Bertz CT molecular complexity index is 677. The molecule has 1 aromatic heterocycles. The van der Waals surface area contributed by atoms with Crippen LogP contribution in [0.4, 0.5) is 4.79 Å². The molecule has 0 radical (unpaired) electrons. The van der Waals surface area contributed by atoms with Crippen molar-refractivity contribution in [3.8, 4) is 0 Å². The van der Waals surface area contributed by atoms with Gasteiger partial charge >= 0.3 is 6.03 Å². The number of rotatable bonds is 8. The van der Waals surface area contributed by atoms with Crippen LogP contribution in [0.1, 0.15) is 63.5 Å². The summed E-state index contributed by atoms with van der Waals surface area (Å²) in [5.74, 6) is 0.789. The van der Waals surface area contributed by atoms with Gasteiger partial charge in [-0.2, -0.15) is 0 Å². The van der Waals surface area contributed by atoms with Crippen molar-refractivity contribution in [2.45, 2.75) is 70.4 Å². The van der Waals surface area contributed by atoms with E-state index >= 15 is 0 Å². The fourth-order valence-electron chi connectivity index (χ4n) is 4.21. The summed E-state index contributed by atoms with van der Waals surface area (Å²) in [6, 6.07) is 3.79. The van der Waals surface area contributed by atoms with E-state index in [4.69, 9.17) is 4.42 Å². The van der Waals surface area contributed by atoms with Crippen LogP contribution >= 0.6 is 0 Å². The molecule has 0 atom stereocenters. The second-order valence-corrected chi connectivity index (χ2v) is 8.29. The topological polar surface area (TPSA) is 104 Å². The van der Waals surface area contributed by atoms with Gasteiger partial charge in [-0.15, -0.1) is 0 Å². The van der Waals surface area contributed by atoms with Crippen LogP contribution in [0.25, 0.3) is 0 Å². The van der Waals surface area contributed by atoms with Crippen LogP contribution in [-0.4, -0.2) is 48.4 Å². The Hall–Kier alpha value is -2.51.